The fourth-order valence-electron chi connectivity index (χ4n) is 1.18. The molecule has 0 unspecified atom stereocenters. The van der Waals surface area contributed by atoms with Gasteiger partial charge in [-0.3, -0.25) is 20.4 Å². The molecule has 0 aromatic carbocycles. The molecule has 0 bridgehead atoms. The standard InChI is InChI=1S/C11H14N2O5S/c1-3-18-9(15)6-8(14)13-12-7-4-5-19-10(7)11(16)17-2/h4-5,12H,3,6H2,1-2H3,(H,13,14). The summed E-state index contributed by atoms with van der Waals surface area (Å²) < 4.78 is 9.21. The average Bonchev–Trinajstić information content (AvgIpc) is 2.84. The maximum absolute atomic E-state index is 11.4. The Kier molecular flexibility index (Phi) is 5.80. The van der Waals surface area contributed by atoms with Crippen LogP contribution in [0.3, 0.4) is 0 Å². The fourth-order valence-corrected chi connectivity index (χ4v) is 1.95. The van der Waals surface area contributed by atoms with Gasteiger partial charge in [0.2, 0.25) is 5.91 Å². The maximum Gasteiger partial charge on any atom is 0.350 e. The molecule has 2 N–H and O–H groups in total. The number of anilines is 1. The fraction of sp³-hybridized carbons (Fsp3) is 0.364. The molecule has 0 radical (unpaired) electrons. The number of rotatable bonds is 6. The third-order valence-electron chi connectivity index (χ3n) is 1.98. The Balaban J connectivity index is 2.49. The first-order chi connectivity index (χ1) is 9.08. The first-order valence-electron chi connectivity index (χ1n) is 5.44. The molecule has 1 aromatic rings. The minimum atomic E-state index is -0.611. The predicted molar refractivity (Wildman–Crippen MR) is 68.7 cm³/mol. The van der Waals surface area contributed by atoms with Crippen molar-refractivity contribution in [3.63, 3.8) is 0 Å². The molecule has 0 aliphatic heterocycles. The van der Waals surface area contributed by atoms with Crippen LogP contribution in [-0.4, -0.2) is 31.6 Å². The highest BCUT2D eigenvalue weighted by Crippen LogP contribution is 2.22. The molecule has 0 fully saturated rings. The van der Waals surface area contributed by atoms with Gasteiger partial charge in [0.15, 0.2) is 0 Å². The van der Waals surface area contributed by atoms with Gasteiger partial charge in [-0.2, -0.15) is 0 Å². The van der Waals surface area contributed by atoms with E-state index in [9.17, 15) is 14.4 Å². The number of hydrogen-bond acceptors (Lipinski definition) is 7. The third-order valence-corrected chi connectivity index (χ3v) is 2.88. The highest BCUT2D eigenvalue weighted by Gasteiger charge is 2.15. The van der Waals surface area contributed by atoms with Crippen LogP contribution in [0.15, 0.2) is 11.4 Å². The van der Waals surface area contributed by atoms with E-state index < -0.39 is 24.3 Å². The summed E-state index contributed by atoms with van der Waals surface area (Å²) in [7, 11) is 1.27. The smallest absolute Gasteiger partial charge is 0.350 e. The topological polar surface area (TPSA) is 93.7 Å². The quantitative estimate of drug-likeness (QED) is 0.459. The van der Waals surface area contributed by atoms with E-state index in [0.717, 1.165) is 0 Å². The summed E-state index contributed by atoms with van der Waals surface area (Å²) in [4.78, 5) is 34.1. The molecule has 104 valence electrons. The van der Waals surface area contributed by atoms with Crippen molar-refractivity contribution in [1.29, 1.82) is 0 Å². The molecule has 1 heterocycles. The minimum Gasteiger partial charge on any atom is -0.466 e. The zero-order chi connectivity index (χ0) is 14.3. The van der Waals surface area contributed by atoms with Crippen molar-refractivity contribution >= 4 is 34.9 Å². The van der Waals surface area contributed by atoms with Gasteiger partial charge < -0.3 is 9.47 Å². The van der Waals surface area contributed by atoms with Crippen LogP contribution in [-0.2, 0) is 19.1 Å². The lowest BCUT2D eigenvalue weighted by Gasteiger charge is -2.08. The average molecular weight is 286 g/mol. The Bertz CT molecular complexity index is 471. The van der Waals surface area contributed by atoms with Gasteiger partial charge >= 0.3 is 11.9 Å². The lowest BCUT2D eigenvalue weighted by Crippen LogP contribution is -2.31. The molecule has 1 amide bonds. The van der Waals surface area contributed by atoms with Crippen molar-refractivity contribution in [2.45, 2.75) is 13.3 Å². The number of carbonyl (C=O) groups excluding carboxylic acids is 3. The molecule has 19 heavy (non-hydrogen) atoms. The van der Waals surface area contributed by atoms with Crippen LogP contribution < -0.4 is 10.9 Å². The van der Waals surface area contributed by atoms with Gasteiger partial charge in [0.1, 0.15) is 11.3 Å². The number of hydrogen-bond donors (Lipinski definition) is 2. The normalized spacial score (nSPS) is 9.58. The molecule has 1 aromatic heterocycles. The number of esters is 2. The van der Waals surface area contributed by atoms with Gasteiger partial charge in [-0.15, -0.1) is 11.3 Å². The van der Waals surface area contributed by atoms with Gasteiger partial charge in [0, 0.05) is 0 Å². The van der Waals surface area contributed by atoms with Gasteiger partial charge in [-0.25, -0.2) is 4.79 Å². The van der Waals surface area contributed by atoms with Crippen LogP contribution in [0.5, 0.6) is 0 Å². The van der Waals surface area contributed by atoms with Gasteiger partial charge in [0.05, 0.1) is 19.4 Å². The lowest BCUT2D eigenvalue weighted by molar-refractivity contribution is -0.145. The SMILES string of the molecule is CCOC(=O)CC(=O)NNc1ccsc1C(=O)OC. The number of ether oxygens (including phenoxy) is 2. The monoisotopic (exact) mass is 286 g/mol. The van der Waals surface area contributed by atoms with Crippen LogP contribution in [0.2, 0.25) is 0 Å². The van der Waals surface area contributed by atoms with E-state index in [2.05, 4.69) is 20.3 Å². The second-order valence-corrected chi connectivity index (χ2v) is 4.23. The van der Waals surface area contributed by atoms with E-state index in [4.69, 9.17) is 0 Å². The van der Waals surface area contributed by atoms with Crippen molar-refractivity contribution in [2.24, 2.45) is 0 Å². The third kappa shape index (κ3) is 4.59. The number of hydrazine groups is 1. The summed E-state index contributed by atoms with van der Waals surface area (Å²) in [6, 6.07) is 1.61. The zero-order valence-corrected chi connectivity index (χ0v) is 11.3. The van der Waals surface area contributed by atoms with E-state index in [1.807, 2.05) is 0 Å². The molecule has 0 spiro atoms. The van der Waals surface area contributed by atoms with Crippen LogP contribution in [0.1, 0.15) is 23.0 Å². The van der Waals surface area contributed by atoms with E-state index in [-0.39, 0.29) is 6.61 Å². The Labute approximate surface area is 113 Å². The molecule has 0 atom stereocenters. The van der Waals surface area contributed by atoms with Crippen molar-refractivity contribution in [1.82, 2.24) is 5.43 Å². The first kappa shape index (κ1) is 15.0. The van der Waals surface area contributed by atoms with Crippen molar-refractivity contribution < 1.29 is 23.9 Å². The van der Waals surface area contributed by atoms with Crippen LogP contribution in [0, 0.1) is 0 Å². The highest BCUT2D eigenvalue weighted by atomic mass is 32.1. The zero-order valence-electron chi connectivity index (χ0n) is 10.5. The summed E-state index contributed by atoms with van der Waals surface area (Å²) in [6.45, 7) is 1.87. The van der Waals surface area contributed by atoms with Gasteiger partial charge in [-0.1, -0.05) is 0 Å². The van der Waals surface area contributed by atoms with E-state index in [1.165, 1.54) is 18.4 Å². The molecule has 0 aliphatic carbocycles. The molecular formula is C11H14N2O5S. The van der Waals surface area contributed by atoms with Crippen molar-refractivity contribution in [3.8, 4) is 0 Å². The second-order valence-electron chi connectivity index (χ2n) is 3.31. The number of carbonyl (C=O) groups is 3. The molecule has 8 heteroatoms. The first-order valence-corrected chi connectivity index (χ1v) is 6.32. The van der Waals surface area contributed by atoms with Crippen molar-refractivity contribution in [2.75, 3.05) is 19.1 Å². The summed E-state index contributed by atoms with van der Waals surface area (Å²) in [5.41, 5.74) is 5.27. The van der Waals surface area contributed by atoms with E-state index in [1.54, 1.807) is 18.4 Å². The van der Waals surface area contributed by atoms with Crippen LogP contribution in [0.4, 0.5) is 5.69 Å². The maximum atomic E-state index is 11.4. The summed E-state index contributed by atoms with van der Waals surface area (Å²) in [6.07, 6.45) is -0.390. The second kappa shape index (κ2) is 7.37. The molecule has 0 aliphatic rings. The predicted octanol–water partition coefficient (Wildman–Crippen LogP) is 0.931. The summed E-state index contributed by atoms with van der Waals surface area (Å²) >= 11 is 1.18. The van der Waals surface area contributed by atoms with Crippen LogP contribution >= 0.6 is 11.3 Å². The Morgan fingerprint density at radius 3 is 2.74 bits per heavy atom. The summed E-state index contributed by atoms with van der Waals surface area (Å²) in [5, 5.41) is 1.67. The van der Waals surface area contributed by atoms with Gasteiger partial charge in [0.25, 0.3) is 0 Å². The van der Waals surface area contributed by atoms with Crippen LogP contribution in [0.25, 0.3) is 0 Å². The molecule has 0 saturated carbocycles. The minimum absolute atomic E-state index is 0.219. The molecular weight excluding hydrogens is 272 g/mol. The van der Waals surface area contributed by atoms with E-state index in [0.29, 0.717) is 10.6 Å². The van der Waals surface area contributed by atoms with Crippen molar-refractivity contribution in [3.05, 3.63) is 16.3 Å². The highest BCUT2D eigenvalue weighted by molar-refractivity contribution is 7.12. The van der Waals surface area contributed by atoms with E-state index >= 15 is 0 Å². The molecule has 1 rings (SSSR count). The Hall–Kier alpha value is -2.09. The largest absolute Gasteiger partial charge is 0.466 e. The summed E-state index contributed by atoms with van der Waals surface area (Å²) in [5.74, 6) is -1.67. The Morgan fingerprint density at radius 1 is 1.37 bits per heavy atom. The number of methoxy groups -OCH3 is 1. The molecule has 0 saturated heterocycles. The number of amides is 1. The Morgan fingerprint density at radius 2 is 2.11 bits per heavy atom. The molecule has 7 nitrogen and oxygen atoms in total. The number of nitrogens with one attached hydrogen (secondary N) is 2. The van der Waals surface area contributed by atoms with Gasteiger partial charge in [-0.05, 0) is 18.4 Å². The lowest BCUT2D eigenvalue weighted by atomic mass is 10.4. The number of thiophene rings is 1.